The Morgan fingerprint density at radius 3 is 2.88 bits per heavy atom. The minimum Gasteiger partial charge on any atom is -0.356 e. The minimum absolute atomic E-state index is 0.183. The van der Waals surface area contributed by atoms with Crippen LogP contribution in [0, 0.1) is 12.7 Å². The Kier molecular flexibility index (Phi) is 5.85. The van der Waals surface area contributed by atoms with E-state index in [0.717, 1.165) is 55.5 Å². The quantitative estimate of drug-likeness (QED) is 0.507. The van der Waals surface area contributed by atoms with Gasteiger partial charge in [-0.05, 0) is 43.0 Å². The fourth-order valence-corrected chi connectivity index (χ4v) is 3.09. The molecule has 0 aliphatic carbocycles. The summed E-state index contributed by atoms with van der Waals surface area (Å²) in [6.45, 7) is 6.98. The first-order valence-corrected chi connectivity index (χ1v) is 9.24. The lowest BCUT2D eigenvalue weighted by Crippen LogP contribution is -2.44. The third-order valence-electron chi connectivity index (χ3n) is 4.85. The van der Waals surface area contributed by atoms with Gasteiger partial charge in [-0.2, -0.15) is 0 Å². The Morgan fingerprint density at radius 2 is 2.15 bits per heavy atom. The first-order chi connectivity index (χ1) is 12.6. The normalized spacial score (nSPS) is 14.5. The van der Waals surface area contributed by atoms with Crippen LogP contribution in [0.4, 0.5) is 4.39 Å². The van der Waals surface area contributed by atoms with E-state index in [0.29, 0.717) is 13.1 Å². The molecule has 6 nitrogen and oxygen atoms in total. The van der Waals surface area contributed by atoms with Crippen molar-refractivity contribution in [2.75, 3.05) is 13.1 Å². The predicted octanol–water partition coefficient (Wildman–Crippen LogP) is 2.57. The zero-order valence-electron chi connectivity index (χ0n) is 15.8. The predicted molar refractivity (Wildman–Crippen MR) is 100 cm³/mol. The molecule has 0 saturated heterocycles. The molecule has 0 radical (unpaired) electrons. The molecule has 26 heavy (non-hydrogen) atoms. The van der Waals surface area contributed by atoms with Crippen LogP contribution in [-0.2, 0) is 26.6 Å². The van der Waals surface area contributed by atoms with Crippen molar-refractivity contribution in [2.45, 2.75) is 46.2 Å². The van der Waals surface area contributed by atoms with Gasteiger partial charge < -0.3 is 14.8 Å². The number of aliphatic imine (C=N–C) groups is 1. The highest BCUT2D eigenvalue weighted by Gasteiger charge is 2.20. The van der Waals surface area contributed by atoms with Crippen LogP contribution in [0.2, 0.25) is 0 Å². The van der Waals surface area contributed by atoms with Crippen LogP contribution in [0.5, 0.6) is 0 Å². The summed E-state index contributed by atoms with van der Waals surface area (Å²) in [5.74, 6) is 2.38. The molecule has 2 heterocycles. The number of fused-ring (bicyclic) bond motifs is 1. The van der Waals surface area contributed by atoms with Crippen LogP contribution in [-0.4, -0.2) is 38.7 Å². The van der Waals surface area contributed by atoms with Crippen LogP contribution >= 0.6 is 0 Å². The number of unbranched alkanes of at least 4 members (excludes halogenated alkanes) is 1. The topological polar surface area (TPSA) is 58.3 Å². The van der Waals surface area contributed by atoms with E-state index >= 15 is 0 Å². The van der Waals surface area contributed by atoms with Crippen LogP contribution in [0.3, 0.4) is 0 Å². The first kappa shape index (κ1) is 18.4. The summed E-state index contributed by atoms with van der Waals surface area (Å²) in [5.41, 5.74) is 2.26. The van der Waals surface area contributed by atoms with Gasteiger partial charge in [0.15, 0.2) is 11.8 Å². The van der Waals surface area contributed by atoms with Crippen molar-refractivity contribution in [2.24, 2.45) is 12.0 Å². The molecule has 1 N–H and O–H groups in total. The molecule has 0 spiro atoms. The third kappa shape index (κ3) is 4.20. The largest absolute Gasteiger partial charge is 0.356 e. The Bertz CT molecular complexity index is 782. The van der Waals surface area contributed by atoms with Gasteiger partial charge in [0.1, 0.15) is 18.2 Å². The van der Waals surface area contributed by atoms with Crippen molar-refractivity contribution in [3.8, 4) is 0 Å². The van der Waals surface area contributed by atoms with E-state index in [1.807, 2.05) is 24.6 Å². The number of nitrogens with one attached hydrogen (secondary N) is 1. The van der Waals surface area contributed by atoms with Gasteiger partial charge in [0.2, 0.25) is 0 Å². The number of guanidine groups is 1. The highest BCUT2D eigenvalue weighted by molar-refractivity contribution is 5.80. The van der Waals surface area contributed by atoms with E-state index in [9.17, 15) is 4.39 Å². The van der Waals surface area contributed by atoms with Gasteiger partial charge in [-0.25, -0.2) is 9.38 Å². The van der Waals surface area contributed by atoms with Gasteiger partial charge in [0.25, 0.3) is 0 Å². The number of halogens is 1. The molecule has 1 aliphatic rings. The second-order valence-corrected chi connectivity index (χ2v) is 6.73. The van der Waals surface area contributed by atoms with Crippen molar-refractivity contribution in [3.63, 3.8) is 0 Å². The van der Waals surface area contributed by atoms with E-state index in [4.69, 9.17) is 4.99 Å². The van der Waals surface area contributed by atoms with Crippen LogP contribution in [0.1, 0.15) is 42.5 Å². The number of hydrogen-bond donors (Lipinski definition) is 1. The van der Waals surface area contributed by atoms with E-state index in [2.05, 4.69) is 27.3 Å². The molecule has 2 aromatic rings. The maximum absolute atomic E-state index is 13.6. The molecule has 140 valence electrons. The van der Waals surface area contributed by atoms with Gasteiger partial charge in [-0.1, -0.05) is 19.4 Å². The van der Waals surface area contributed by atoms with Crippen molar-refractivity contribution in [1.82, 2.24) is 25.0 Å². The average Bonchev–Trinajstić information content (AvgIpc) is 2.96. The number of aryl methyl sites for hydroxylation is 1. The molecule has 1 aromatic heterocycles. The molecule has 3 rings (SSSR count). The summed E-state index contributed by atoms with van der Waals surface area (Å²) in [5, 5.41) is 11.7. The lowest BCUT2D eigenvalue weighted by Gasteiger charge is -2.32. The molecule has 0 atom stereocenters. The molecular formula is C19H27FN6. The Morgan fingerprint density at radius 1 is 1.31 bits per heavy atom. The monoisotopic (exact) mass is 358 g/mol. The summed E-state index contributed by atoms with van der Waals surface area (Å²) in [4.78, 5) is 6.97. The Labute approximate surface area is 154 Å². The van der Waals surface area contributed by atoms with Gasteiger partial charge in [0.05, 0.1) is 0 Å². The van der Waals surface area contributed by atoms with Crippen LogP contribution in [0.25, 0.3) is 0 Å². The number of hydrogen-bond acceptors (Lipinski definition) is 3. The number of rotatable bonds is 5. The summed E-state index contributed by atoms with van der Waals surface area (Å²) >= 11 is 0. The maximum atomic E-state index is 13.6. The van der Waals surface area contributed by atoms with E-state index in [1.54, 1.807) is 12.1 Å². The standard InChI is InChI=1S/C19H27FN6/c1-4-5-9-21-19(22-12-18-24-23-14(2)25(18)3)26-10-8-15-6-7-17(20)11-16(15)13-26/h6-7,11H,4-5,8-10,12-13H2,1-3H3,(H,21,22). The Balaban J connectivity index is 1.77. The zero-order chi connectivity index (χ0) is 18.5. The minimum atomic E-state index is -0.183. The highest BCUT2D eigenvalue weighted by atomic mass is 19.1. The van der Waals surface area contributed by atoms with Crippen molar-refractivity contribution in [3.05, 3.63) is 46.8 Å². The Hall–Kier alpha value is -2.44. The summed E-state index contributed by atoms with van der Waals surface area (Å²) in [7, 11) is 1.95. The van der Waals surface area contributed by atoms with Crippen LogP contribution in [0.15, 0.2) is 23.2 Å². The molecule has 1 aromatic carbocycles. The molecule has 0 unspecified atom stereocenters. The fraction of sp³-hybridized carbons (Fsp3) is 0.526. The summed E-state index contributed by atoms with van der Waals surface area (Å²) in [6.07, 6.45) is 3.10. The zero-order valence-corrected chi connectivity index (χ0v) is 15.8. The number of benzene rings is 1. The molecule has 0 bridgehead atoms. The highest BCUT2D eigenvalue weighted by Crippen LogP contribution is 2.20. The lowest BCUT2D eigenvalue weighted by molar-refractivity contribution is 0.375. The van der Waals surface area contributed by atoms with Gasteiger partial charge in [-0.15, -0.1) is 10.2 Å². The van der Waals surface area contributed by atoms with E-state index in [1.165, 1.54) is 5.56 Å². The first-order valence-electron chi connectivity index (χ1n) is 9.24. The average molecular weight is 358 g/mol. The molecule has 7 heteroatoms. The third-order valence-corrected chi connectivity index (χ3v) is 4.85. The molecule has 0 amide bonds. The van der Waals surface area contributed by atoms with Gasteiger partial charge >= 0.3 is 0 Å². The molecule has 0 saturated carbocycles. The lowest BCUT2D eigenvalue weighted by atomic mass is 10.00. The number of aromatic nitrogens is 3. The van der Waals surface area contributed by atoms with E-state index in [-0.39, 0.29) is 5.82 Å². The van der Waals surface area contributed by atoms with Crippen molar-refractivity contribution in [1.29, 1.82) is 0 Å². The van der Waals surface area contributed by atoms with E-state index < -0.39 is 0 Å². The molecular weight excluding hydrogens is 331 g/mol. The van der Waals surface area contributed by atoms with Crippen LogP contribution < -0.4 is 5.32 Å². The van der Waals surface area contributed by atoms with Gasteiger partial charge in [0, 0.05) is 26.7 Å². The second-order valence-electron chi connectivity index (χ2n) is 6.73. The van der Waals surface area contributed by atoms with Crippen molar-refractivity contribution < 1.29 is 4.39 Å². The summed E-state index contributed by atoms with van der Waals surface area (Å²) in [6, 6.07) is 5.07. The number of nitrogens with zero attached hydrogens (tertiary/aromatic N) is 5. The summed E-state index contributed by atoms with van der Waals surface area (Å²) < 4.78 is 15.6. The molecule has 1 aliphatic heterocycles. The van der Waals surface area contributed by atoms with Crippen molar-refractivity contribution >= 4 is 5.96 Å². The SMILES string of the molecule is CCCCNC(=NCc1nnc(C)n1C)N1CCc2ccc(F)cc2C1. The fourth-order valence-electron chi connectivity index (χ4n) is 3.09. The second kappa shape index (κ2) is 8.29. The van der Waals surface area contributed by atoms with Gasteiger partial charge in [-0.3, -0.25) is 0 Å². The molecule has 0 fully saturated rings. The maximum Gasteiger partial charge on any atom is 0.194 e. The smallest absolute Gasteiger partial charge is 0.194 e.